The molecule has 0 aromatic heterocycles. The van der Waals surface area contributed by atoms with Crippen LogP contribution in [-0.2, 0) is 14.4 Å². The number of para-hydroxylation sites is 1. The Bertz CT molecular complexity index is 887. The molecule has 3 N–H and O–H groups in total. The van der Waals surface area contributed by atoms with Gasteiger partial charge in [0.1, 0.15) is 6.04 Å². The Labute approximate surface area is 201 Å². The third-order valence-electron chi connectivity index (χ3n) is 6.83. The van der Waals surface area contributed by atoms with E-state index in [0.717, 1.165) is 12.8 Å². The van der Waals surface area contributed by atoms with Gasteiger partial charge in [-0.25, -0.2) is 0 Å². The zero-order chi connectivity index (χ0) is 23.0. The number of fused-ring (bicyclic) bond motifs is 1. The second-order valence-electron chi connectivity index (χ2n) is 8.97. The zero-order valence-corrected chi connectivity index (χ0v) is 20.7. The van der Waals surface area contributed by atoms with Crippen LogP contribution in [-0.4, -0.2) is 67.8 Å². The fourth-order valence-electron chi connectivity index (χ4n) is 5.65. The number of nitrogens with zero attached hydrogens (tertiary/aromatic N) is 1. The van der Waals surface area contributed by atoms with Crippen LogP contribution >= 0.6 is 27.7 Å². The molecule has 9 heteroatoms. The van der Waals surface area contributed by atoms with Gasteiger partial charge in [-0.3, -0.25) is 14.4 Å². The summed E-state index contributed by atoms with van der Waals surface area (Å²) in [5, 5.41) is 15.6. The van der Waals surface area contributed by atoms with Crippen LogP contribution in [0.15, 0.2) is 30.3 Å². The summed E-state index contributed by atoms with van der Waals surface area (Å²) in [6, 6.07) is 8.51. The van der Waals surface area contributed by atoms with E-state index in [2.05, 4.69) is 33.5 Å². The molecule has 4 unspecified atom stereocenters. The first-order valence-electron chi connectivity index (χ1n) is 11.2. The van der Waals surface area contributed by atoms with E-state index in [0.29, 0.717) is 12.1 Å². The lowest BCUT2D eigenvalue weighted by molar-refractivity contribution is -0.139. The Balaban J connectivity index is 1.66. The van der Waals surface area contributed by atoms with E-state index in [1.54, 1.807) is 11.8 Å². The molecule has 3 aliphatic heterocycles. The highest BCUT2D eigenvalue weighted by molar-refractivity contribution is 9.09. The smallest absolute Gasteiger partial charge is 0.244 e. The van der Waals surface area contributed by atoms with Crippen LogP contribution in [0.5, 0.6) is 0 Å². The highest BCUT2D eigenvalue weighted by Crippen LogP contribution is 2.67. The van der Waals surface area contributed by atoms with Crippen molar-refractivity contribution in [1.82, 2.24) is 10.2 Å². The molecule has 1 aromatic carbocycles. The summed E-state index contributed by atoms with van der Waals surface area (Å²) in [5.41, 5.74) is 0.686. The quantitative estimate of drug-likeness (QED) is 0.454. The predicted molar refractivity (Wildman–Crippen MR) is 129 cm³/mol. The maximum absolute atomic E-state index is 13.6. The van der Waals surface area contributed by atoms with Crippen molar-refractivity contribution in [2.75, 3.05) is 18.5 Å². The predicted octanol–water partition coefficient (Wildman–Crippen LogP) is 2.39. The van der Waals surface area contributed by atoms with Crippen molar-refractivity contribution < 1.29 is 19.5 Å². The van der Waals surface area contributed by atoms with Crippen LogP contribution in [0.2, 0.25) is 0 Å². The standard InChI is InChI=1S/C23H30BrN3O4S/c1-3-7-13(2)25-21(30)19-23-12-15(24)18(32-23)16(17(23)22(31)27(19)10-11-28)20(29)26-14-8-5-4-6-9-14/h4-6,8-9,13,15-19,28H,3,7,10-12H2,1-2H3,(H,25,30)(H,26,29)/t13?,15?,16-,17-,18-,19?,23?/m0/s1. The van der Waals surface area contributed by atoms with Gasteiger partial charge in [-0.1, -0.05) is 47.5 Å². The van der Waals surface area contributed by atoms with E-state index in [1.807, 2.05) is 37.3 Å². The minimum atomic E-state index is -0.698. The zero-order valence-electron chi connectivity index (χ0n) is 18.3. The fraction of sp³-hybridized carbons (Fsp3) is 0.609. The molecule has 7 nitrogen and oxygen atoms in total. The maximum Gasteiger partial charge on any atom is 0.244 e. The molecule has 4 rings (SSSR count). The lowest BCUT2D eigenvalue weighted by atomic mass is 9.70. The van der Waals surface area contributed by atoms with Gasteiger partial charge in [0.25, 0.3) is 0 Å². The van der Waals surface area contributed by atoms with E-state index >= 15 is 0 Å². The molecule has 0 aliphatic carbocycles. The van der Waals surface area contributed by atoms with Gasteiger partial charge in [-0.15, -0.1) is 11.8 Å². The lowest BCUT2D eigenvalue weighted by Gasteiger charge is -2.35. The normalized spacial score (nSPS) is 33.8. The molecule has 0 radical (unpaired) electrons. The number of hydrogen-bond donors (Lipinski definition) is 3. The van der Waals surface area contributed by atoms with Gasteiger partial charge in [-0.2, -0.15) is 0 Å². The van der Waals surface area contributed by atoms with E-state index in [1.165, 1.54) is 4.90 Å². The molecule has 0 saturated carbocycles. The Morgan fingerprint density at radius 2 is 2.03 bits per heavy atom. The highest BCUT2D eigenvalue weighted by Gasteiger charge is 2.75. The number of carbonyl (C=O) groups is 3. The number of nitrogens with one attached hydrogen (secondary N) is 2. The number of thioether (sulfide) groups is 1. The van der Waals surface area contributed by atoms with Gasteiger partial charge in [0.2, 0.25) is 17.7 Å². The molecular formula is C23H30BrN3O4S. The molecule has 2 bridgehead atoms. The van der Waals surface area contributed by atoms with E-state index in [9.17, 15) is 19.5 Å². The third-order valence-corrected chi connectivity index (χ3v) is 10.1. The number of β-amino-alcohol motifs (C(OH)–C–C–N with tert-alkyl or cyclic N) is 1. The minimum absolute atomic E-state index is 0.00502. The summed E-state index contributed by atoms with van der Waals surface area (Å²) < 4.78 is -0.681. The number of benzene rings is 1. The number of halogens is 1. The number of anilines is 1. The van der Waals surface area contributed by atoms with Crippen molar-refractivity contribution in [3.8, 4) is 0 Å². The van der Waals surface area contributed by atoms with Crippen LogP contribution in [0.4, 0.5) is 5.69 Å². The summed E-state index contributed by atoms with van der Waals surface area (Å²) in [7, 11) is 0. The second kappa shape index (κ2) is 9.35. The summed E-state index contributed by atoms with van der Waals surface area (Å²) in [6.07, 6.45) is 2.43. The first kappa shape index (κ1) is 23.6. The average Bonchev–Trinajstić information content (AvgIpc) is 3.33. The number of amides is 3. The summed E-state index contributed by atoms with van der Waals surface area (Å²) in [5.74, 6) is -1.71. The molecule has 3 heterocycles. The fourth-order valence-corrected chi connectivity index (χ4v) is 9.27. The minimum Gasteiger partial charge on any atom is -0.395 e. The molecule has 174 valence electrons. The number of rotatable bonds is 8. The molecule has 7 atom stereocenters. The topological polar surface area (TPSA) is 98.7 Å². The number of hydrogen-bond acceptors (Lipinski definition) is 5. The van der Waals surface area contributed by atoms with Crippen LogP contribution in [0.3, 0.4) is 0 Å². The molecular weight excluding hydrogens is 494 g/mol. The molecule has 3 aliphatic rings. The molecule has 3 fully saturated rings. The number of aliphatic hydroxyl groups is 1. The Kier molecular flexibility index (Phi) is 6.89. The molecule has 3 amide bonds. The van der Waals surface area contributed by atoms with Crippen LogP contribution in [0, 0.1) is 11.8 Å². The largest absolute Gasteiger partial charge is 0.395 e. The number of aliphatic hydroxyl groups excluding tert-OH is 1. The first-order chi connectivity index (χ1) is 15.3. The Hall–Kier alpha value is -1.58. The second-order valence-corrected chi connectivity index (χ2v) is 11.7. The summed E-state index contributed by atoms with van der Waals surface area (Å²) in [6.45, 7) is 3.89. The van der Waals surface area contributed by atoms with E-state index < -0.39 is 22.6 Å². The summed E-state index contributed by atoms with van der Waals surface area (Å²) in [4.78, 5) is 41.9. The monoisotopic (exact) mass is 523 g/mol. The molecule has 3 saturated heterocycles. The molecule has 1 aromatic rings. The number of likely N-dealkylation sites (tertiary alicyclic amines) is 1. The van der Waals surface area contributed by atoms with Gasteiger partial charge >= 0.3 is 0 Å². The highest BCUT2D eigenvalue weighted by atomic mass is 79.9. The van der Waals surface area contributed by atoms with Gasteiger partial charge in [0.15, 0.2) is 0 Å². The summed E-state index contributed by atoms with van der Waals surface area (Å²) >= 11 is 5.34. The SMILES string of the molecule is CCCC(C)NC(=O)C1N(CCO)C(=O)[C@@H]2[C@H](C(=O)Nc3ccccc3)[C@H]3SC12CC3Br. The van der Waals surface area contributed by atoms with Crippen molar-refractivity contribution in [2.24, 2.45) is 11.8 Å². The van der Waals surface area contributed by atoms with Gasteiger partial charge < -0.3 is 20.6 Å². The number of carbonyl (C=O) groups excluding carboxylic acids is 3. The maximum atomic E-state index is 13.6. The average molecular weight is 524 g/mol. The molecule has 32 heavy (non-hydrogen) atoms. The lowest BCUT2D eigenvalue weighted by Crippen LogP contribution is -2.56. The van der Waals surface area contributed by atoms with Crippen molar-refractivity contribution in [3.63, 3.8) is 0 Å². The van der Waals surface area contributed by atoms with Gasteiger partial charge in [-0.05, 0) is 31.9 Å². The van der Waals surface area contributed by atoms with E-state index in [4.69, 9.17) is 0 Å². The Morgan fingerprint density at radius 3 is 2.69 bits per heavy atom. The van der Waals surface area contributed by atoms with Gasteiger partial charge in [0.05, 0.1) is 23.2 Å². The van der Waals surface area contributed by atoms with Crippen molar-refractivity contribution >= 4 is 51.1 Å². The van der Waals surface area contributed by atoms with Crippen molar-refractivity contribution in [2.45, 2.75) is 60.0 Å². The van der Waals surface area contributed by atoms with Crippen LogP contribution in [0.1, 0.15) is 33.1 Å². The first-order valence-corrected chi connectivity index (χ1v) is 13.0. The van der Waals surface area contributed by atoms with Crippen molar-refractivity contribution in [3.05, 3.63) is 30.3 Å². The molecule has 1 spiro atoms. The Morgan fingerprint density at radius 1 is 1.31 bits per heavy atom. The number of alkyl halides is 1. The third kappa shape index (κ3) is 3.86. The van der Waals surface area contributed by atoms with Crippen molar-refractivity contribution in [1.29, 1.82) is 0 Å². The van der Waals surface area contributed by atoms with E-state index in [-0.39, 0.29) is 47.0 Å². The van der Waals surface area contributed by atoms with Crippen LogP contribution in [0.25, 0.3) is 0 Å². The van der Waals surface area contributed by atoms with Gasteiger partial charge in [0, 0.05) is 28.4 Å². The van der Waals surface area contributed by atoms with Crippen LogP contribution < -0.4 is 10.6 Å².